The molecule has 3 nitrogen and oxygen atoms in total. The van der Waals surface area contributed by atoms with E-state index < -0.39 is 0 Å². The first-order valence-corrected chi connectivity index (χ1v) is 8.05. The number of thiophene rings is 1. The third kappa shape index (κ3) is 4.41. The average Bonchev–Trinajstić information content (AvgIpc) is 2.79. The van der Waals surface area contributed by atoms with Crippen LogP contribution >= 0.6 is 11.3 Å². The minimum atomic E-state index is 0.0652. The second-order valence-corrected chi connectivity index (χ2v) is 6.70. The van der Waals surface area contributed by atoms with E-state index in [2.05, 4.69) is 36.8 Å². The van der Waals surface area contributed by atoms with Gasteiger partial charge in [-0.05, 0) is 55.0 Å². The van der Waals surface area contributed by atoms with Gasteiger partial charge in [0.05, 0.1) is 11.9 Å². The van der Waals surface area contributed by atoms with E-state index in [1.165, 1.54) is 15.3 Å². The second-order valence-electron chi connectivity index (χ2n) is 5.70. The summed E-state index contributed by atoms with van der Waals surface area (Å²) in [5.41, 5.74) is 4.49. The quantitative estimate of drug-likeness (QED) is 0.873. The van der Waals surface area contributed by atoms with Crippen molar-refractivity contribution < 1.29 is 9.69 Å². The molecule has 0 aliphatic carbocycles. The van der Waals surface area contributed by atoms with Gasteiger partial charge in [-0.2, -0.15) is 0 Å². The van der Waals surface area contributed by atoms with E-state index in [1.54, 1.807) is 11.3 Å². The molecule has 0 saturated carbocycles. The number of hydrogen-bond donors (Lipinski definition) is 2. The van der Waals surface area contributed by atoms with E-state index in [1.807, 2.05) is 26.0 Å². The van der Waals surface area contributed by atoms with Crippen LogP contribution in [-0.2, 0) is 11.3 Å². The summed E-state index contributed by atoms with van der Waals surface area (Å²) in [5, 5.41) is 5.13. The van der Waals surface area contributed by atoms with Gasteiger partial charge in [-0.1, -0.05) is 12.1 Å². The first kappa shape index (κ1) is 15.7. The van der Waals surface area contributed by atoms with E-state index in [0.717, 1.165) is 23.4 Å². The molecule has 1 heterocycles. The van der Waals surface area contributed by atoms with Crippen molar-refractivity contribution in [3.05, 3.63) is 51.2 Å². The molecule has 0 fully saturated rings. The van der Waals surface area contributed by atoms with Gasteiger partial charge in [0.1, 0.15) is 6.54 Å². The molecule has 21 heavy (non-hydrogen) atoms. The fourth-order valence-electron chi connectivity index (χ4n) is 2.26. The third-order valence-corrected chi connectivity index (χ3v) is 4.58. The zero-order chi connectivity index (χ0) is 15.4. The summed E-state index contributed by atoms with van der Waals surface area (Å²) in [6.45, 7) is 7.54. The van der Waals surface area contributed by atoms with Crippen LogP contribution < -0.4 is 10.2 Å². The number of hydrogen-bond acceptors (Lipinski definition) is 2. The van der Waals surface area contributed by atoms with Crippen LogP contribution in [-0.4, -0.2) is 19.5 Å². The number of benzene rings is 1. The summed E-state index contributed by atoms with van der Waals surface area (Å²) in [6.07, 6.45) is 0. The molecular weight excluding hydrogens is 280 g/mol. The van der Waals surface area contributed by atoms with Crippen LogP contribution in [0.25, 0.3) is 0 Å². The third-order valence-electron chi connectivity index (χ3n) is 3.56. The molecular formula is C17H23N2OS+. The normalized spacial score (nSPS) is 12.2. The fraction of sp³-hybridized carbons (Fsp3) is 0.353. The van der Waals surface area contributed by atoms with Crippen molar-refractivity contribution >= 4 is 22.9 Å². The SMILES string of the molecule is Cc1ccc(C)c(NC(=O)C[NH+](C)Cc2sccc2C)c1. The molecule has 0 radical (unpaired) electrons. The number of quaternary nitrogens is 1. The van der Waals surface area contributed by atoms with Crippen LogP contribution in [0.3, 0.4) is 0 Å². The zero-order valence-corrected chi connectivity index (χ0v) is 13.9. The summed E-state index contributed by atoms with van der Waals surface area (Å²) in [5.74, 6) is 0.0652. The van der Waals surface area contributed by atoms with E-state index >= 15 is 0 Å². The predicted octanol–water partition coefficient (Wildman–Crippen LogP) is 2.33. The summed E-state index contributed by atoms with van der Waals surface area (Å²) in [7, 11) is 2.06. The molecule has 1 amide bonds. The number of nitrogens with one attached hydrogen (secondary N) is 2. The molecule has 0 aliphatic heterocycles. The van der Waals surface area contributed by atoms with Gasteiger partial charge >= 0.3 is 0 Å². The van der Waals surface area contributed by atoms with Gasteiger partial charge in [0, 0.05) is 5.69 Å². The number of amides is 1. The van der Waals surface area contributed by atoms with Gasteiger partial charge in [-0.25, -0.2) is 0 Å². The highest BCUT2D eigenvalue weighted by molar-refractivity contribution is 7.10. The van der Waals surface area contributed by atoms with Crippen molar-refractivity contribution in [1.29, 1.82) is 0 Å². The lowest BCUT2D eigenvalue weighted by molar-refractivity contribution is -0.884. The van der Waals surface area contributed by atoms with Crippen LogP contribution in [0.5, 0.6) is 0 Å². The molecule has 1 aromatic carbocycles. The van der Waals surface area contributed by atoms with Gasteiger partial charge in [0.25, 0.3) is 5.91 Å². The maximum atomic E-state index is 12.2. The smallest absolute Gasteiger partial charge is 0.279 e. The predicted molar refractivity (Wildman–Crippen MR) is 89.1 cm³/mol. The van der Waals surface area contributed by atoms with Gasteiger partial charge in [0.15, 0.2) is 6.54 Å². The Balaban J connectivity index is 1.92. The van der Waals surface area contributed by atoms with Gasteiger partial charge in [-0.15, -0.1) is 11.3 Å². The highest BCUT2D eigenvalue weighted by Gasteiger charge is 2.13. The van der Waals surface area contributed by atoms with Crippen molar-refractivity contribution in [3.63, 3.8) is 0 Å². The van der Waals surface area contributed by atoms with Crippen LogP contribution in [0.4, 0.5) is 5.69 Å². The van der Waals surface area contributed by atoms with Crippen LogP contribution in [0, 0.1) is 20.8 Å². The Hall–Kier alpha value is -1.65. The van der Waals surface area contributed by atoms with Gasteiger partial charge in [0.2, 0.25) is 0 Å². The lowest BCUT2D eigenvalue weighted by Gasteiger charge is -2.14. The summed E-state index contributed by atoms with van der Waals surface area (Å²) in [6, 6.07) is 8.24. The molecule has 0 aliphatic rings. The molecule has 2 rings (SSSR count). The van der Waals surface area contributed by atoms with E-state index in [9.17, 15) is 4.79 Å². The molecule has 1 aromatic heterocycles. The molecule has 0 saturated heterocycles. The van der Waals surface area contributed by atoms with Crippen molar-refractivity contribution in [1.82, 2.24) is 0 Å². The maximum Gasteiger partial charge on any atom is 0.279 e. The van der Waals surface area contributed by atoms with E-state index in [0.29, 0.717) is 6.54 Å². The molecule has 1 atom stereocenters. The molecule has 2 aromatic rings. The van der Waals surface area contributed by atoms with Crippen molar-refractivity contribution in [2.75, 3.05) is 18.9 Å². The minimum Gasteiger partial charge on any atom is -0.325 e. The summed E-state index contributed by atoms with van der Waals surface area (Å²) < 4.78 is 0. The first-order chi connectivity index (χ1) is 9.95. The summed E-state index contributed by atoms with van der Waals surface area (Å²) in [4.78, 5) is 14.7. The van der Waals surface area contributed by atoms with E-state index in [4.69, 9.17) is 0 Å². The lowest BCUT2D eigenvalue weighted by Crippen LogP contribution is -3.08. The highest BCUT2D eigenvalue weighted by atomic mass is 32.1. The average molecular weight is 303 g/mol. The van der Waals surface area contributed by atoms with Crippen LogP contribution in [0.1, 0.15) is 21.6 Å². The second kappa shape index (κ2) is 6.87. The van der Waals surface area contributed by atoms with Crippen LogP contribution in [0.2, 0.25) is 0 Å². The molecule has 0 spiro atoms. The zero-order valence-electron chi connectivity index (χ0n) is 13.1. The van der Waals surface area contributed by atoms with Crippen molar-refractivity contribution in [2.45, 2.75) is 27.3 Å². The molecule has 112 valence electrons. The molecule has 1 unspecified atom stereocenters. The fourth-order valence-corrected chi connectivity index (χ4v) is 3.28. The Bertz CT molecular complexity index is 633. The maximum absolute atomic E-state index is 12.2. The van der Waals surface area contributed by atoms with Crippen molar-refractivity contribution in [2.24, 2.45) is 0 Å². The van der Waals surface area contributed by atoms with E-state index in [-0.39, 0.29) is 5.91 Å². The number of aryl methyl sites for hydroxylation is 3. The molecule has 2 N–H and O–H groups in total. The number of rotatable bonds is 5. The Kier molecular flexibility index (Phi) is 5.15. The number of carbonyl (C=O) groups is 1. The monoisotopic (exact) mass is 303 g/mol. The van der Waals surface area contributed by atoms with Crippen LogP contribution in [0.15, 0.2) is 29.6 Å². The number of carbonyl (C=O) groups excluding carboxylic acids is 1. The minimum absolute atomic E-state index is 0.0652. The Morgan fingerprint density at radius 3 is 2.62 bits per heavy atom. The first-order valence-electron chi connectivity index (χ1n) is 7.17. The summed E-state index contributed by atoms with van der Waals surface area (Å²) >= 11 is 1.76. The largest absolute Gasteiger partial charge is 0.325 e. The number of likely N-dealkylation sites (N-methyl/N-ethyl adjacent to an activating group) is 1. The number of anilines is 1. The standard InChI is InChI=1S/C17H22N2OS/c1-12-5-6-13(2)15(9-12)18-17(20)11-19(4)10-16-14(3)7-8-21-16/h5-9H,10-11H2,1-4H3,(H,18,20)/p+1. The van der Waals surface area contributed by atoms with Gasteiger partial charge in [-0.3, -0.25) is 4.79 Å². The Morgan fingerprint density at radius 1 is 1.19 bits per heavy atom. The molecule has 4 heteroatoms. The van der Waals surface area contributed by atoms with Gasteiger partial charge < -0.3 is 10.2 Å². The van der Waals surface area contributed by atoms with Crippen molar-refractivity contribution in [3.8, 4) is 0 Å². The molecule has 0 bridgehead atoms. The topological polar surface area (TPSA) is 33.5 Å². The Labute approximate surface area is 130 Å². The lowest BCUT2D eigenvalue weighted by atomic mass is 10.1. The highest BCUT2D eigenvalue weighted by Crippen LogP contribution is 2.16. The Morgan fingerprint density at radius 2 is 1.95 bits per heavy atom.